The van der Waals surface area contributed by atoms with Crippen molar-refractivity contribution in [3.63, 3.8) is 0 Å². The number of alkyl carbamates (subject to hydrolysis) is 1. The molecule has 2 aliphatic rings. The van der Waals surface area contributed by atoms with Crippen LogP contribution in [-0.2, 0) is 14.3 Å². The Morgan fingerprint density at radius 3 is 2.18 bits per heavy atom. The number of fused-ring (bicyclic) bond motifs is 3. The zero-order chi connectivity index (χ0) is 24.1. The average molecular weight is 465 g/mol. The van der Waals surface area contributed by atoms with Gasteiger partial charge < -0.3 is 20.5 Å². The van der Waals surface area contributed by atoms with Crippen molar-refractivity contribution in [2.75, 3.05) is 19.7 Å². The van der Waals surface area contributed by atoms with Crippen molar-refractivity contribution in [2.24, 2.45) is 11.3 Å². The number of carboxylic acids is 1. The van der Waals surface area contributed by atoms with Gasteiger partial charge in [0.05, 0.1) is 5.41 Å². The van der Waals surface area contributed by atoms with E-state index in [0.29, 0.717) is 25.8 Å². The molecule has 1 saturated carbocycles. The summed E-state index contributed by atoms with van der Waals surface area (Å²) in [6.07, 6.45) is 2.88. The lowest BCUT2D eigenvalue weighted by molar-refractivity contribution is -0.148. The molecule has 7 heteroatoms. The zero-order valence-corrected chi connectivity index (χ0v) is 19.5. The third-order valence-electron chi connectivity index (χ3n) is 7.25. The quantitative estimate of drug-likeness (QED) is 0.513. The van der Waals surface area contributed by atoms with Crippen LogP contribution < -0.4 is 10.6 Å². The molecule has 2 aliphatic carbocycles. The van der Waals surface area contributed by atoms with E-state index in [9.17, 15) is 19.5 Å². The lowest BCUT2D eigenvalue weighted by Gasteiger charge is -2.25. The first-order valence-electron chi connectivity index (χ1n) is 12.0. The molecule has 1 fully saturated rings. The molecule has 0 saturated heterocycles. The van der Waals surface area contributed by atoms with Crippen molar-refractivity contribution < 1.29 is 24.2 Å². The third kappa shape index (κ3) is 4.93. The summed E-state index contributed by atoms with van der Waals surface area (Å²) in [6, 6.07) is 16.3. The minimum absolute atomic E-state index is 0.00000488. The van der Waals surface area contributed by atoms with Gasteiger partial charge in [0.15, 0.2) is 0 Å². The number of rotatable bonds is 9. The van der Waals surface area contributed by atoms with Crippen molar-refractivity contribution in [1.82, 2.24) is 10.6 Å². The molecule has 7 nitrogen and oxygen atoms in total. The molecule has 0 spiro atoms. The van der Waals surface area contributed by atoms with E-state index in [2.05, 4.69) is 34.9 Å². The minimum atomic E-state index is -0.838. The van der Waals surface area contributed by atoms with Crippen molar-refractivity contribution in [2.45, 2.75) is 44.9 Å². The smallest absolute Gasteiger partial charge is 0.407 e. The number of hydrogen-bond donors (Lipinski definition) is 3. The second kappa shape index (κ2) is 10.3. The normalized spacial score (nSPS) is 16.9. The summed E-state index contributed by atoms with van der Waals surface area (Å²) in [5, 5.41) is 15.1. The van der Waals surface area contributed by atoms with Gasteiger partial charge in [0.2, 0.25) is 5.91 Å². The maximum atomic E-state index is 12.4. The van der Waals surface area contributed by atoms with Crippen LogP contribution in [0.25, 0.3) is 11.1 Å². The van der Waals surface area contributed by atoms with Gasteiger partial charge in [0.1, 0.15) is 6.61 Å². The fourth-order valence-corrected chi connectivity index (χ4v) is 5.12. The Morgan fingerprint density at radius 1 is 1.00 bits per heavy atom. The first-order valence-corrected chi connectivity index (χ1v) is 12.0. The highest BCUT2D eigenvalue weighted by atomic mass is 16.5. The van der Waals surface area contributed by atoms with Crippen LogP contribution in [0.4, 0.5) is 4.79 Å². The molecule has 4 rings (SSSR count). The molecule has 0 bridgehead atoms. The molecule has 34 heavy (non-hydrogen) atoms. The predicted octanol–water partition coefficient (Wildman–Crippen LogP) is 4.31. The van der Waals surface area contributed by atoms with Crippen LogP contribution >= 0.6 is 0 Å². The van der Waals surface area contributed by atoms with Gasteiger partial charge in [0.25, 0.3) is 0 Å². The summed E-state index contributed by atoms with van der Waals surface area (Å²) in [4.78, 5) is 36.4. The van der Waals surface area contributed by atoms with E-state index in [1.807, 2.05) is 24.3 Å². The zero-order valence-electron chi connectivity index (χ0n) is 19.5. The number of amides is 2. The SMILES string of the molecule is CC(CCNC(=O)OCC1c2ccccc2-c2ccccc21)C(=O)NCC1(C(=O)O)CCCC1. The summed E-state index contributed by atoms with van der Waals surface area (Å²) in [6.45, 7) is 2.48. The highest BCUT2D eigenvalue weighted by Gasteiger charge is 2.41. The molecule has 0 aliphatic heterocycles. The summed E-state index contributed by atoms with van der Waals surface area (Å²) in [5.41, 5.74) is 3.82. The Morgan fingerprint density at radius 2 is 1.59 bits per heavy atom. The number of carbonyl (C=O) groups excluding carboxylic acids is 2. The first kappa shape index (κ1) is 23.8. The van der Waals surface area contributed by atoms with Crippen molar-refractivity contribution in [3.05, 3.63) is 59.7 Å². The number of carboxylic acid groups (broad SMARTS) is 1. The van der Waals surface area contributed by atoms with E-state index in [4.69, 9.17) is 4.74 Å². The molecular weight excluding hydrogens is 432 g/mol. The van der Waals surface area contributed by atoms with Crippen LogP contribution in [0.15, 0.2) is 48.5 Å². The van der Waals surface area contributed by atoms with E-state index in [0.717, 1.165) is 24.0 Å². The van der Waals surface area contributed by atoms with Gasteiger partial charge in [-0.15, -0.1) is 0 Å². The summed E-state index contributed by atoms with van der Waals surface area (Å²) < 4.78 is 5.52. The highest BCUT2D eigenvalue weighted by molar-refractivity contribution is 5.81. The van der Waals surface area contributed by atoms with Crippen LogP contribution in [0, 0.1) is 11.3 Å². The van der Waals surface area contributed by atoms with E-state index in [-0.39, 0.29) is 30.9 Å². The first-order chi connectivity index (χ1) is 16.4. The Bertz CT molecular complexity index is 1010. The summed E-state index contributed by atoms with van der Waals surface area (Å²) in [5.74, 6) is -1.38. The predicted molar refractivity (Wildman–Crippen MR) is 128 cm³/mol. The Labute approximate surface area is 199 Å². The molecule has 0 aromatic heterocycles. The fourth-order valence-electron chi connectivity index (χ4n) is 5.12. The molecule has 1 atom stereocenters. The van der Waals surface area contributed by atoms with Crippen LogP contribution in [0.2, 0.25) is 0 Å². The van der Waals surface area contributed by atoms with Crippen LogP contribution in [0.3, 0.4) is 0 Å². The maximum Gasteiger partial charge on any atom is 0.407 e. The van der Waals surface area contributed by atoms with E-state index >= 15 is 0 Å². The fraction of sp³-hybridized carbons (Fsp3) is 0.444. The lowest BCUT2D eigenvalue weighted by atomic mass is 9.86. The van der Waals surface area contributed by atoms with Crippen LogP contribution in [0.1, 0.15) is 56.1 Å². The number of benzene rings is 2. The molecular formula is C27H32N2O5. The van der Waals surface area contributed by atoms with Crippen LogP contribution in [-0.4, -0.2) is 42.8 Å². The largest absolute Gasteiger partial charge is 0.481 e. The number of hydrogen-bond acceptors (Lipinski definition) is 4. The van der Waals surface area contributed by atoms with Crippen molar-refractivity contribution in [3.8, 4) is 11.1 Å². The maximum absolute atomic E-state index is 12.4. The highest BCUT2D eigenvalue weighted by Crippen LogP contribution is 2.44. The second-order valence-electron chi connectivity index (χ2n) is 9.45. The molecule has 2 aromatic carbocycles. The molecule has 0 heterocycles. The Balaban J connectivity index is 1.21. The Hall–Kier alpha value is -3.35. The number of carbonyl (C=O) groups is 3. The molecule has 3 N–H and O–H groups in total. The standard InChI is InChI=1S/C27H32N2O5/c1-18(24(30)29-17-27(25(31)32)13-6-7-14-27)12-15-28-26(33)34-16-23-21-10-4-2-8-19(21)20-9-3-5-11-22(20)23/h2-5,8-11,18,23H,6-7,12-17H2,1H3,(H,28,33)(H,29,30)(H,31,32). The summed E-state index contributed by atoms with van der Waals surface area (Å²) in [7, 11) is 0. The van der Waals surface area contributed by atoms with Gasteiger partial charge in [-0.2, -0.15) is 0 Å². The van der Waals surface area contributed by atoms with Gasteiger partial charge >= 0.3 is 12.1 Å². The van der Waals surface area contributed by atoms with Crippen LogP contribution in [0.5, 0.6) is 0 Å². The molecule has 2 amide bonds. The van der Waals surface area contributed by atoms with Gasteiger partial charge in [0, 0.05) is 24.9 Å². The van der Waals surface area contributed by atoms with Gasteiger partial charge in [-0.05, 0) is 41.5 Å². The van der Waals surface area contributed by atoms with Gasteiger partial charge in [-0.3, -0.25) is 9.59 Å². The van der Waals surface area contributed by atoms with Crippen molar-refractivity contribution in [1.29, 1.82) is 0 Å². The number of aliphatic carboxylic acids is 1. The van der Waals surface area contributed by atoms with E-state index in [1.165, 1.54) is 11.1 Å². The second-order valence-corrected chi connectivity index (χ2v) is 9.45. The van der Waals surface area contributed by atoms with Gasteiger partial charge in [-0.25, -0.2) is 4.79 Å². The molecule has 1 unspecified atom stereocenters. The van der Waals surface area contributed by atoms with Crippen molar-refractivity contribution >= 4 is 18.0 Å². The number of ether oxygens (including phenoxy) is 1. The summed E-state index contributed by atoms with van der Waals surface area (Å²) >= 11 is 0. The third-order valence-corrected chi connectivity index (χ3v) is 7.25. The number of nitrogens with one attached hydrogen (secondary N) is 2. The minimum Gasteiger partial charge on any atom is -0.481 e. The van der Waals surface area contributed by atoms with E-state index in [1.54, 1.807) is 6.92 Å². The molecule has 2 aromatic rings. The monoisotopic (exact) mass is 464 g/mol. The van der Waals surface area contributed by atoms with E-state index < -0.39 is 17.5 Å². The lowest BCUT2D eigenvalue weighted by Crippen LogP contribution is -2.43. The molecule has 180 valence electrons. The molecule has 0 radical (unpaired) electrons. The topological polar surface area (TPSA) is 105 Å². The van der Waals surface area contributed by atoms with Gasteiger partial charge in [-0.1, -0.05) is 68.3 Å². The Kier molecular flexibility index (Phi) is 7.20. The average Bonchev–Trinajstić information content (AvgIpc) is 3.45.